The molecule has 0 bridgehead atoms. The minimum absolute atomic E-state index is 0.000766. The van der Waals surface area contributed by atoms with Crippen molar-refractivity contribution in [2.24, 2.45) is 0 Å². The number of Topliss-reactive ketones (excluding diaryl/α,β-unsaturated/α-hetero) is 1. The molecule has 0 saturated carbocycles. The Labute approximate surface area is 164 Å². The lowest BCUT2D eigenvalue weighted by molar-refractivity contribution is -0.0500. The Bertz CT molecular complexity index is 1010. The van der Waals surface area contributed by atoms with Gasteiger partial charge in [-0.1, -0.05) is 12.1 Å². The fourth-order valence-corrected chi connectivity index (χ4v) is 3.00. The monoisotopic (exact) mass is 432 g/mol. The van der Waals surface area contributed by atoms with Crippen LogP contribution in [0.2, 0.25) is 0 Å². The summed E-state index contributed by atoms with van der Waals surface area (Å²) in [7, 11) is -4.47. The Balaban J connectivity index is 1.91. The molecule has 1 aliphatic rings. The number of ketones is 1. The molecule has 0 aromatic heterocycles. The summed E-state index contributed by atoms with van der Waals surface area (Å²) in [6, 6.07) is 9.02. The van der Waals surface area contributed by atoms with Gasteiger partial charge in [-0.2, -0.15) is 21.6 Å². The highest BCUT2D eigenvalue weighted by molar-refractivity contribution is 7.88. The van der Waals surface area contributed by atoms with E-state index >= 15 is 0 Å². The lowest BCUT2D eigenvalue weighted by Crippen LogP contribution is -2.29. The number of hydrogen-bond donors (Lipinski definition) is 0. The molecule has 3 rings (SSSR count). The Morgan fingerprint density at radius 2 is 1.79 bits per heavy atom. The molecule has 2 aromatic carbocycles. The van der Waals surface area contributed by atoms with Crippen LogP contribution in [0.25, 0.3) is 0 Å². The number of alkyl halides is 3. The van der Waals surface area contributed by atoms with Crippen LogP contribution in [-0.2, 0) is 16.7 Å². The second-order valence-electron chi connectivity index (χ2n) is 5.94. The van der Waals surface area contributed by atoms with Gasteiger partial charge in [-0.15, -0.1) is 0 Å². The van der Waals surface area contributed by atoms with Gasteiger partial charge in [0.2, 0.25) is 0 Å². The van der Waals surface area contributed by atoms with Gasteiger partial charge in [0, 0.05) is 18.6 Å². The van der Waals surface area contributed by atoms with Crippen molar-refractivity contribution >= 4 is 15.9 Å². The molecule has 7 nitrogen and oxygen atoms in total. The molecule has 0 amide bonds. The summed E-state index contributed by atoms with van der Waals surface area (Å²) in [6.07, 6.45) is -0.124. The second-order valence-corrected chi connectivity index (χ2v) is 7.47. The van der Waals surface area contributed by atoms with Crippen LogP contribution in [0.5, 0.6) is 23.0 Å². The van der Waals surface area contributed by atoms with Crippen LogP contribution in [0.4, 0.5) is 13.2 Å². The number of ether oxygens (including phenoxy) is 3. The second kappa shape index (κ2) is 7.82. The van der Waals surface area contributed by atoms with E-state index in [0.29, 0.717) is 11.3 Å². The zero-order valence-electron chi connectivity index (χ0n) is 15.0. The van der Waals surface area contributed by atoms with Gasteiger partial charge >= 0.3 is 15.6 Å². The first-order valence-corrected chi connectivity index (χ1v) is 9.62. The minimum Gasteiger partial charge on any atom is -0.497 e. The molecule has 0 unspecified atom stereocenters. The maximum absolute atomic E-state index is 12.7. The molecule has 29 heavy (non-hydrogen) atoms. The molecule has 0 fully saturated rings. The van der Waals surface area contributed by atoms with E-state index < -0.39 is 27.2 Å². The van der Waals surface area contributed by atoms with Crippen molar-refractivity contribution in [3.05, 3.63) is 47.5 Å². The smallest absolute Gasteiger partial charge is 0.497 e. The largest absolute Gasteiger partial charge is 0.534 e. The van der Waals surface area contributed by atoms with Gasteiger partial charge in [0.05, 0.1) is 13.7 Å². The highest BCUT2D eigenvalue weighted by Crippen LogP contribution is 2.40. The molecule has 11 heteroatoms. The summed E-state index contributed by atoms with van der Waals surface area (Å²) in [5.74, 6) is -0.903. The van der Waals surface area contributed by atoms with Gasteiger partial charge in [0.15, 0.2) is 11.5 Å². The van der Waals surface area contributed by atoms with E-state index in [4.69, 9.17) is 14.2 Å². The van der Waals surface area contributed by atoms with Crippen molar-refractivity contribution in [1.82, 2.24) is 0 Å². The third kappa shape index (κ3) is 4.56. The SMILES string of the molecule is COc1ccc(COc2cc3c(c(OS(=O)(=O)C(F)(F)F)c2)C(=O)CCO3)cc1. The first kappa shape index (κ1) is 20.8. The molecule has 0 atom stereocenters. The zero-order valence-corrected chi connectivity index (χ0v) is 15.8. The fraction of sp³-hybridized carbons (Fsp3) is 0.278. The van der Waals surface area contributed by atoms with Crippen LogP contribution in [0, 0.1) is 0 Å². The van der Waals surface area contributed by atoms with Crippen molar-refractivity contribution in [3.8, 4) is 23.0 Å². The number of methoxy groups -OCH3 is 1. The van der Waals surface area contributed by atoms with E-state index in [2.05, 4.69) is 4.18 Å². The highest BCUT2D eigenvalue weighted by Gasteiger charge is 2.49. The summed E-state index contributed by atoms with van der Waals surface area (Å²) in [6.45, 7) is 0.0153. The summed E-state index contributed by atoms with van der Waals surface area (Å²) in [5, 5.41) is 0. The average Bonchev–Trinajstić information content (AvgIpc) is 2.65. The molecule has 156 valence electrons. The minimum atomic E-state index is -5.98. The normalized spacial score (nSPS) is 14.0. The molecule has 0 aliphatic carbocycles. The number of fused-ring (bicyclic) bond motifs is 1. The number of carbonyl (C=O) groups excluding carboxylic acids is 1. The first-order chi connectivity index (χ1) is 13.6. The topological polar surface area (TPSA) is 88.1 Å². The van der Waals surface area contributed by atoms with Gasteiger partial charge in [-0.3, -0.25) is 4.79 Å². The number of benzene rings is 2. The molecule has 0 radical (unpaired) electrons. The van der Waals surface area contributed by atoms with Crippen molar-refractivity contribution in [1.29, 1.82) is 0 Å². The van der Waals surface area contributed by atoms with E-state index in [0.717, 1.165) is 6.07 Å². The maximum Gasteiger partial charge on any atom is 0.534 e. The molecular formula is C18H15F3O7S. The number of carbonyl (C=O) groups is 1. The predicted octanol–water partition coefficient (Wildman–Crippen LogP) is 3.47. The van der Waals surface area contributed by atoms with Crippen LogP contribution in [0.3, 0.4) is 0 Å². The van der Waals surface area contributed by atoms with Crippen LogP contribution in [-0.4, -0.2) is 33.4 Å². The van der Waals surface area contributed by atoms with Crippen molar-refractivity contribution < 1.29 is 44.8 Å². The molecule has 2 aromatic rings. The lowest BCUT2D eigenvalue weighted by atomic mass is 10.0. The Morgan fingerprint density at radius 1 is 1.10 bits per heavy atom. The fourth-order valence-electron chi connectivity index (χ4n) is 2.54. The first-order valence-electron chi connectivity index (χ1n) is 8.21. The molecule has 0 saturated heterocycles. The van der Waals surface area contributed by atoms with Crippen LogP contribution < -0.4 is 18.4 Å². The average molecular weight is 432 g/mol. The van der Waals surface area contributed by atoms with Crippen molar-refractivity contribution in [2.45, 2.75) is 18.5 Å². The molecule has 1 aliphatic heterocycles. The quantitative estimate of drug-likeness (QED) is 0.510. The molecular weight excluding hydrogens is 417 g/mol. The van der Waals surface area contributed by atoms with Gasteiger partial charge < -0.3 is 18.4 Å². The summed E-state index contributed by atoms with van der Waals surface area (Å²) in [4.78, 5) is 12.1. The molecule has 1 heterocycles. The van der Waals surface area contributed by atoms with Gasteiger partial charge in [-0.05, 0) is 17.7 Å². The maximum atomic E-state index is 12.7. The number of hydrogen-bond acceptors (Lipinski definition) is 7. The van der Waals surface area contributed by atoms with E-state index in [9.17, 15) is 26.4 Å². The number of rotatable bonds is 6. The third-order valence-electron chi connectivity index (χ3n) is 3.95. The summed E-state index contributed by atoms with van der Waals surface area (Å²) < 4.78 is 81.0. The highest BCUT2D eigenvalue weighted by atomic mass is 32.2. The van der Waals surface area contributed by atoms with Crippen LogP contribution >= 0.6 is 0 Å². The van der Waals surface area contributed by atoms with Crippen LogP contribution in [0.1, 0.15) is 22.3 Å². The Morgan fingerprint density at radius 3 is 2.41 bits per heavy atom. The summed E-state index contributed by atoms with van der Waals surface area (Å²) >= 11 is 0. The van der Waals surface area contributed by atoms with Crippen LogP contribution in [0.15, 0.2) is 36.4 Å². The third-order valence-corrected chi connectivity index (χ3v) is 4.92. The molecule has 0 N–H and O–H groups in total. The van der Waals surface area contributed by atoms with E-state index in [1.807, 2.05) is 0 Å². The Hall–Kier alpha value is -2.95. The van der Waals surface area contributed by atoms with E-state index in [1.54, 1.807) is 24.3 Å². The van der Waals surface area contributed by atoms with E-state index in [-0.39, 0.29) is 36.7 Å². The predicted molar refractivity (Wildman–Crippen MR) is 93.8 cm³/mol. The van der Waals surface area contributed by atoms with Crippen molar-refractivity contribution in [3.63, 3.8) is 0 Å². The van der Waals surface area contributed by atoms with E-state index in [1.165, 1.54) is 13.2 Å². The lowest BCUT2D eigenvalue weighted by Gasteiger charge is -2.21. The zero-order chi connectivity index (χ0) is 21.2. The molecule has 0 spiro atoms. The van der Waals surface area contributed by atoms with Gasteiger partial charge in [0.25, 0.3) is 0 Å². The number of halogens is 3. The summed E-state index contributed by atoms with van der Waals surface area (Å²) in [5.41, 5.74) is -5.31. The van der Waals surface area contributed by atoms with Crippen molar-refractivity contribution in [2.75, 3.05) is 13.7 Å². The standard InChI is InChI=1S/C18H15F3O7S/c1-25-12-4-2-11(3-5-12)10-27-13-8-15-17(14(22)6-7-26-15)16(9-13)28-29(23,24)18(19,20)21/h2-5,8-9H,6-7,10H2,1H3. The van der Waals surface area contributed by atoms with Gasteiger partial charge in [-0.25, -0.2) is 0 Å². The van der Waals surface area contributed by atoms with Gasteiger partial charge in [0.1, 0.15) is 29.4 Å². The Kier molecular flexibility index (Phi) is 5.60.